The molecule has 3 aromatic rings. The normalized spacial score (nSPS) is 14.8. The number of benzene rings is 1. The van der Waals surface area contributed by atoms with Gasteiger partial charge in [-0.3, -0.25) is 4.79 Å². The van der Waals surface area contributed by atoms with Crippen LogP contribution in [0.25, 0.3) is 16.7 Å². The first-order valence-electron chi connectivity index (χ1n) is 11.3. The second-order valence-corrected chi connectivity index (χ2v) is 9.04. The zero-order valence-corrected chi connectivity index (χ0v) is 19.7. The molecule has 1 saturated heterocycles. The molecule has 1 aliphatic heterocycles. The Bertz CT molecular complexity index is 1140. The Hall–Kier alpha value is -2.87. The summed E-state index contributed by atoms with van der Waals surface area (Å²) < 4.78 is 7.48. The fraction of sp³-hybridized carbons (Fsp3) is 0.458. The quantitative estimate of drug-likeness (QED) is 0.486. The van der Waals surface area contributed by atoms with E-state index in [9.17, 15) is 4.79 Å². The van der Waals surface area contributed by atoms with Gasteiger partial charge >= 0.3 is 5.97 Å². The molecule has 168 valence electrons. The Morgan fingerprint density at radius 1 is 1.12 bits per heavy atom. The van der Waals surface area contributed by atoms with Gasteiger partial charge in [0.1, 0.15) is 19.5 Å². The van der Waals surface area contributed by atoms with Crippen LogP contribution in [0.4, 0.5) is 5.82 Å². The molecule has 2 aromatic heterocycles. The van der Waals surface area contributed by atoms with E-state index >= 15 is 0 Å². The number of hydrogen-bond acceptors (Lipinski definition) is 6. The van der Waals surface area contributed by atoms with E-state index in [1.165, 1.54) is 27.8 Å². The number of nitrogens with two attached hydrogens (primary N) is 1. The molecule has 1 aliphatic rings. The molecule has 0 bridgehead atoms. The van der Waals surface area contributed by atoms with Crippen LogP contribution >= 0.6 is 0 Å². The Balaban J connectivity index is 1.68. The van der Waals surface area contributed by atoms with Gasteiger partial charge in [0.15, 0.2) is 5.65 Å². The third kappa shape index (κ3) is 4.24. The van der Waals surface area contributed by atoms with Crippen molar-refractivity contribution < 1.29 is 9.53 Å². The number of carbonyl (C=O) groups excluding carboxylic acids is 1. The molecule has 4 rings (SSSR count). The monoisotopic (exact) mass is 433 g/mol. The van der Waals surface area contributed by atoms with Crippen LogP contribution in [-0.2, 0) is 9.53 Å². The summed E-state index contributed by atoms with van der Waals surface area (Å²) in [6.07, 6.45) is 4.10. The number of fused-ring (bicyclic) bond motifs is 1. The lowest BCUT2D eigenvalue weighted by molar-refractivity contribution is -0.143. The largest absolute Gasteiger partial charge is 0.464 e. The number of esters is 1. The Kier molecular flexibility index (Phi) is 6.24. The predicted molar refractivity (Wildman–Crippen MR) is 131 cm³/mol. The maximum Gasteiger partial charge on any atom is 0.319 e. The highest BCUT2D eigenvalue weighted by Gasteiger charge is 2.25. The summed E-state index contributed by atoms with van der Waals surface area (Å²) in [4.78, 5) is 23.4. The van der Waals surface area contributed by atoms with Crippen molar-refractivity contribution >= 4 is 36.1 Å². The predicted octanol–water partition coefficient (Wildman–Crippen LogP) is 1.63. The lowest BCUT2D eigenvalue weighted by Crippen LogP contribution is -2.36. The molecule has 0 saturated carbocycles. The molecule has 3 heterocycles. The SMILES string of the molecule is Bc1cc(C)c(-n2cc(C)c3c(N4CCC(COC(=O)CN)CC4)nc(C)nc32)c(C)c1. The van der Waals surface area contributed by atoms with Gasteiger partial charge in [0.05, 0.1) is 24.2 Å². The van der Waals surface area contributed by atoms with Gasteiger partial charge in [-0.25, -0.2) is 9.97 Å². The summed E-state index contributed by atoms with van der Waals surface area (Å²) in [6, 6.07) is 4.45. The molecule has 0 radical (unpaired) electrons. The standard InChI is InChI=1S/C24H32BN5O2/c1-14-9-19(25)10-15(2)22(14)30-12-16(3)21-23(27-17(4)28-24(21)30)29-7-5-18(6-8-29)13-32-20(31)11-26/h9-10,12,18H,5-8,11,13,25-26H2,1-4H3. The first-order chi connectivity index (χ1) is 15.3. The minimum atomic E-state index is -0.334. The van der Waals surface area contributed by atoms with Crippen molar-refractivity contribution in [2.24, 2.45) is 11.7 Å². The lowest BCUT2D eigenvalue weighted by Gasteiger charge is -2.33. The van der Waals surface area contributed by atoms with E-state index in [0.717, 1.165) is 48.6 Å². The smallest absolute Gasteiger partial charge is 0.319 e. The number of nitrogens with zero attached hydrogens (tertiary/aromatic N) is 4. The van der Waals surface area contributed by atoms with E-state index < -0.39 is 0 Å². The molecule has 2 N–H and O–H groups in total. The summed E-state index contributed by atoms with van der Waals surface area (Å²) in [5.74, 6) is 1.81. The highest BCUT2D eigenvalue weighted by molar-refractivity contribution is 6.32. The van der Waals surface area contributed by atoms with Crippen LogP contribution in [0, 0.1) is 33.6 Å². The van der Waals surface area contributed by atoms with Crippen molar-refractivity contribution in [3.05, 3.63) is 40.8 Å². The Morgan fingerprint density at radius 2 is 1.78 bits per heavy atom. The van der Waals surface area contributed by atoms with Gasteiger partial charge in [-0.1, -0.05) is 17.6 Å². The summed E-state index contributed by atoms with van der Waals surface area (Å²) in [5.41, 5.74) is 12.4. The van der Waals surface area contributed by atoms with Crippen LogP contribution in [0.3, 0.4) is 0 Å². The number of hydrogen-bond donors (Lipinski definition) is 1. The number of aromatic nitrogens is 3. The molecular weight excluding hydrogens is 401 g/mol. The fourth-order valence-electron chi connectivity index (χ4n) is 4.92. The van der Waals surface area contributed by atoms with E-state index in [2.05, 4.69) is 56.4 Å². The number of ether oxygens (including phenoxy) is 1. The Labute approximate surface area is 190 Å². The maximum atomic E-state index is 11.4. The number of anilines is 1. The molecule has 1 aromatic carbocycles. The van der Waals surface area contributed by atoms with Crippen molar-refractivity contribution in [3.8, 4) is 5.69 Å². The highest BCUT2D eigenvalue weighted by atomic mass is 16.5. The van der Waals surface area contributed by atoms with Crippen LogP contribution < -0.4 is 16.1 Å². The third-order valence-electron chi connectivity index (χ3n) is 6.36. The molecule has 8 heteroatoms. The van der Waals surface area contributed by atoms with Gasteiger partial charge in [0, 0.05) is 19.3 Å². The molecule has 0 spiro atoms. The van der Waals surface area contributed by atoms with Crippen LogP contribution in [-0.4, -0.2) is 54.6 Å². The molecule has 1 fully saturated rings. The summed E-state index contributed by atoms with van der Waals surface area (Å²) >= 11 is 0. The van der Waals surface area contributed by atoms with Crippen molar-refractivity contribution in [2.75, 3.05) is 31.1 Å². The number of piperidine rings is 1. The molecule has 0 aliphatic carbocycles. The van der Waals surface area contributed by atoms with Gasteiger partial charge in [0.25, 0.3) is 0 Å². The van der Waals surface area contributed by atoms with Gasteiger partial charge < -0.3 is 19.9 Å². The van der Waals surface area contributed by atoms with Gasteiger partial charge in [-0.05, 0) is 63.1 Å². The fourth-order valence-corrected chi connectivity index (χ4v) is 4.92. The van der Waals surface area contributed by atoms with Crippen molar-refractivity contribution in [3.63, 3.8) is 0 Å². The number of carbonyl (C=O) groups is 1. The molecule has 7 nitrogen and oxygen atoms in total. The van der Waals surface area contributed by atoms with Crippen LogP contribution in [0.1, 0.15) is 35.4 Å². The molecular formula is C24H32BN5O2. The van der Waals surface area contributed by atoms with Crippen LogP contribution in [0.2, 0.25) is 0 Å². The zero-order chi connectivity index (χ0) is 23.0. The van der Waals surface area contributed by atoms with Crippen LogP contribution in [0.15, 0.2) is 18.3 Å². The van der Waals surface area contributed by atoms with Crippen molar-refractivity contribution in [1.82, 2.24) is 14.5 Å². The maximum absolute atomic E-state index is 11.4. The average Bonchev–Trinajstić information content (AvgIpc) is 3.07. The average molecular weight is 433 g/mol. The van der Waals surface area contributed by atoms with E-state index in [0.29, 0.717) is 12.5 Å². The molecule has 0 unspecified atom stereocenters. The Morgan fingerprint density at radius 3 is 2.41 bits per heavy atom. The van der Waals surface area contributed by atoms with Crippen LogP contribution in [0.5, 0.6) is 0 Å². The summed E-state index contributed by atoms with van der Waals surface area (Å²) in [6.45, 7) is 10.6. The first-order valence-corrected chi connectivity index (χ1v) is 11.3. The summed E-state index contributed by atoms with van der Waals surface area (Å²) in [5, 5.41) is 1.11. The number of aryl methyl sites for hydroxylation is 4. The van der Waals surface area contributed by atoms with Gasteiger partial charge in [0.2, 0.25) is 0 Å². The van der Waals surface area contributed by atoms with Gasteiger partial charge in [-0.15, -0.1) is 0 Å². The molecule has 0 atom stereocenters. The van der Waals surface area contributed by atoms with Gasteiger partial charge in [-0.2, -0.15) is 0 Å². The topological polar surface area (TPSA) is 86.3 Å². The lowest BCUT2D eigenvalue weighted by atomic mass is 9.91. The minimum Gasteiger partial charge on any atom is -0.464 e. The van der Waals surface area contributed by atoms with Crippen molar-refractivity contribution in [1.29, 1.82) is 0 Å². The summed E-state index contributed by atoms with van der Waals surface area (Å²) in [7, 11) is 2.13. The second-order valence-electron chi connectivity index (χ2n) is 9.04. The van der Waals surface area contributed by atoms with E-state index in [-0.39, 0.29) is 12.5 Å². The zero-order valence-electron chi connectivity index (χ0n) is 19.7. The second kappa shape index (κ2) is 8.94. The molecule has 0 amide bonds. The first kappa shape index (κ1) is 22.3. The highest BCUT2D eigenvalue weighted by Crippen LogP contribution is 2.34. The van der Waals surface area contributed by atoms with Crippen molar-refractivity contribution in [2.45, 2.75) is 40.5 Å². The molecule has 32 heavy (non-hydrogen) atoms. The van der Waals surface area contributed by atoms with E-state index in [1.807, 2.05) is 6.92 Å². The van der Waals surface area contributed by atoms with E-state index in [1.54, 1.807) is 0 Å². The minimum absolute atomic E-state index is 0.0623. The third-order valence-corrected chi connectivity index (χ3v) is 6.36. The van der Waals surface area contributed by atoms with E-state index in [4.69, 9.17) is 20.4 Å². The number of rotatable bonds is 5.